The third kappa shape index (κ3) is 6.13. The molecule has 1 heterocycles. The summed E-state index contributed by atoms with van der Waals surface area (Å²) in [4.78, 5) is 25.2. The van der Waals surface area contributed by atoms with E-state index in [1.165, 1.54) is 0 Å². The standard InChI is InChI=1S/C34H22Cl6O3/c1-15-7-19(8-16(2)33(15)41)29(31-23(37)11-21(35)12-24(31)38)27-5-6-28(43-27)30(20-9-17(3)34(42)18(4)10-20)32-25(39)13-22(36)14-26(32)40/h5-14H,1-4H3. The molecule has 3 aromatic rings. The molecule has 9 heteroatoms. The lowest BCUT2D eigenvalue weighted by atomic mass is 9.89. The van der Waals surface area contributed by atoms with Gasteiger partial charge in [-0.15, -0.1) is 0 Å². The molecule has 0 radical (unpaired) electrons. The van der Waals surface area contributed by atoms with E-state index in [2.05, 4.69) is 0 Å². The quantitative estimate of drug-likeness (QED) is 0.274. The van der Waals surface area contributed by atoms with Crippen LogP contribution in [0.1, 0.15) is 50.3 Å². The Morgan fingerprint density at radius 3 is 1.07 bits per heavy atom. The first-order valence-corrected chi connectivity index (χ1v) is 15.2. The van der Waals surface area contributed by atoms with Crippen LogP contribution in [0.25, 0.3) is 11.1 Å². The van der Waals surface area contributed by atoms with Crippen LogP contribution in [-0.4, -0.2) is 11.6 Å². The van der Waals surface area contributed by atoms with Crippen molar-refractivity contribution in [3.8, 4) is 0 Å². The minimum absolute atomic E-state index is 0.0632. The van der Waals surface area contributed by atoms with Crippen molar-refractivity contribution in [1.29, 1.82) is 0 Å². The Bertz CT molecular complexity index is 1710. The number of carbonyl (C=O) groups is 2. The number of benzene rings is 2. The van der Waals surface area contributed by atoms with Gasteiger partial charge >= 0.3 is 0 Å². The van der Waals surface area contributed by atoms with Crippen molar-refractivity contribution in [2.24, 2.45) is 0 Å². The van der Waals surface area contributed by atoms with Gasteiger partial charge in [0, 0.05) is 32.3 Å². The minimum Gasteiger partial charge on any atom is -0.456 e. The maximum Gasteiger partial charge on any atom is 0.184 e. The fourth-order valence-corrected chi connectivity index (χ4v) is 7.19. The Balaban J connectivity index is 1.84. The number of Topliss-reactive ketones (excluding diaryl/α,β-unsaturated/α-hetero) is 2. The molecule has 0 amide bonds. The second kappa shape index (κ2) is 12.3. The SMILES string of the molecule is CC1=CC(=C(c2ccc(C(=C3C=C(C)C(=O)C(C)=C3)c3c(Cl)cc(Cl)cc3Cl)o2)c2c(Cl)cc(Cl)cc2Cl)C=C(C)C1=O. The van der Waals surface area contributed by atoms with Crippen LogP contribution in [0.15, 0.2) is 98.6 Å². The number of hydrogen-bond donors (Lipinski definition) is 0. The fourth-order valence-electron chi connectivity index (χ4n) is 5.18. The minimum atomic E-state index is -0.0632. The van der Waals surface area contributed by atoms with E-state index in [-0.39, 0.29) is 11.6 Å². The molecule has 0 aliphatic heterocycles. The molecule has 43 heavy (non-hydrogen) atoms. The lowest BCUT2D eigenvalue weighted by Gasteiger charge is -2.18. The smallest absolute Gasteiger partial charge is 0.184 e. The number of halogens is 6. The topological polar surface area (TPSA) is 47.3 Å². The normalized spacial score (nSPS) is 15.3. The number of hydrogen-bond acceptors (Lipinski definition) is 3. The van der Waals surface area contributed by atoms with Gasteiger partial charge in [0.1, 0.15) is 11.5 Å². The van der Waals surface area contributed by atoms with E-state index in [4.69, 9.17) is 74.0 Å². The maximum atomic E-state index is 12.6. The first-order valence-electron chi connectivity index (χ1n) is 13.0. The number of carbonyl (C=O) groups excluding carboxylic acids is 2. The molecule has 2 aliphatic carbocycles. The van der Waals surface area contributed by atoms with Gasteiger partial charge in [-0.25, -0.2) is 0 Å². The van der Waals surface area contributed by atoms with E-state index in [1.807, 2.05) is 0 Å². The predicted octanol–water partition coefficient (Wildman–Crippen LogP) is 11.8. The highest BCUT2D eigenvalue weighted by Gasteiger charge is 2.27. The van der Waals surface area contributed by atoms with Crippen LogP contribution >= 0.6 is 69.6 Å². The summed E-state index contributed by atoms with van der Waals surface area (Å²) < 4.78 is 6.60. The highest BCUT2D eigenvalue weighted by atomic mass is 35.5. The lowest BCUT2D eigenvalue weighted by molar-refractivity contribution is -0.113. The summed E-state index contributed by atoms with van der Waals surface area (Å²) in [5.74, 6) is 0.691. The van der Waals surface area contributed by atoms with E-state index in [1.54, 1.807) is 88.4 Å². The summed E-state index contributed by atoms with van der Waals surface area (Å²) in [6.07, 6.45) is 7.08. The molecular formula is C34H22Cl6O3. The van der Waals surface area contributed by atoms with Crippen molar-refractivity contribution in [3.63, 3.8) is 0 Å². The van der Waals surface area contributed by atoms with Crippen LogP contribution < -0.4 is 0 Å². The summed E-state index contributed by atoms with van der Waals surface area (Å²) in [6.45, 7) is 6.98. The average Bonchev–Trinajstić information content (AvgIpc) is 3.38. The van der Waals surface area contributed by atoms with Gasteiger partial charge in [-0.2, -0.15) is 0 Å². The highest BCUT2D eigenvalue weighted by molar-refractivity contribution is 6.42. The van der Waals surface area contributed by atoms with Crippen molar-refractivity contribution < 1.29 is 14.0 Å². The van der Waals surface area contributed by atoms with Crippen LogP contribution in [0.5, 0.6) is 0 Å². The molecule has 0 fully saturated rings. The van der Waals surface area contributed by atoms with Crippen molar-refractivity contribution in [2.75, 3.05) is 0 Å². The molecule has 0 saturated carbocycles. The Labute approximate surface area is 279 Å². The second-order valence-electron chi connectivity index (χ2n) is 10.3. The largest absolute Gasteiger partial charge is 0.456 e. The van der Waals surface area contributed by atoms with Gasteiger partial charge in [0.15, 0.2) is 11.6 Å². The monoisotopic (exact) mass is 688 g/mol. The molecule has 0 spiro atoms. The second-order valence-corrected chi connectivity index (χ2v) is 12.8. The molecule has 2 aromatic carbocycles. The summed E-state index contributed by atoms with van der Waals surface area (Å²) in [5, 5.41) is 1.95. The number of allylic oxidation sites excluding steroid dienone is 10. The van der Waals surface area contributed by atoms with Crippen molar-refractivity contribution in [2.45, 2.75) is 27.7 Å². The van der Waals surface area contributed by atoms with Gasteiger partial charge < -0.3 is 4.42 Å². The van der Waals surface area contributed by atoms with Crippen molar-refractivity contribution in [3.05, 3.63) is 147 Å². The van der Waals surface area contributed by atoms with Crippen LogP contribution in [-0.2, 0) is 9.59 Å². The first kappa shape index (κ1) is 31.7. The van der Waals surface area contributed by atoms with E-state index in [9.17, 15) is 9.59 Å². The summed E-state index contributed by atoms with van der Waals surface area (Å²) >= 11 is 39.4. The van der Waals surface area contributed by atoms with Crippen molar-refractivity contribution >= 4 is 92.3 Å². The Morgan fingerprint density at radius 1 is 0.512 bits per heavy atom. The molecule has 5 rings (SSSR count). The Hall–Kier alpha value is -2.76. The van der Waals surface area contributed by atoms with Crippen LogP contribution in [0.4, 0.5) is 0 Å². The number of ketones is 2. The zero-order valence-electron chi connectivity index (χ0n) is 23.3. The molecule has 0 unspecified atom stereocenters. The van der Waals surface area contributed by atoms with E-state index < -0.39 is 0 Å². The molecule has 1 aromatic heterocycles. The van der Waals surface area contributed by atoms with Crippen LogP contribution in [0.3, 0.4) is 0 Å². The molecule has 0 bridgehead atoms. The van der Waals surface area contributed by atoms with Gasteiger partial charge in [0.2, 0.25) is 0 Å². The van der Waals surface area contributed by atoms with E-state index in [0.717, 1.165) is 0 Å². The molecule has 0 N–H and O–H groups in total. The van der Waals surface area contributed by atoms with Gasteiger partial charge in [-0.3, -0.25) is 9.59 Å². The van der Waals surface area contributed by atoms with Crippen LogP contribution in [0.2, 0.25) is 30.1 Å². The van der Waals surface area contributed by atoms with Crippen LogP contribution in [0, 0.1) is 0 Å². The summed E-state index contributed by atoms with van der Waals surface area (Å²) in [7, 11) is 0. The maximum absolute atomic E-state index is 12.6. The molecular weight excluding hydrogens is 669 g/mol. The fraction of sp³-hybridized carbons (Fsp3) is 0.118. The number of furan rings is 1. The van der Waals surface area contributed by atoms with Gasteiger partial charge in [-0.05, 0) is 122 Å². The average molecular weight is 691 g/mol. The third-order valence-electron chi connectivity index (χ3n) is 7.11. The summed E-state index contributed by atoms with van der Waals surface area (Å²) in [6, 6.07) is 9.93. The third-order valence-corrected chi connectivity index (χ3v) is 8.74. The highest BCUT2D eigenvalue weighted by Crippen LogP contribution is 2.45. The number of rotatable bonds is 4. The molecule has 218 valence electrons. The van der Waals surface area contributed by atoms with Gasteiger partial charge in [0.25, 0.3) is 0 Å². The lowest BCUT2D eigenvalue weighted by Crippen LogP contribution is -2.08. The Kier molecular flexibility index (Phi) is 9.07. The predicted molar refractivity (Wildman–Crippen MR) is 179 cm³/mol. The summed E-state index contributed by atoms with van der Waals surface area (Å²) in [5.41, 5.74) is 5.63. The van der Waals surface area contributed by atoms with E-state index in [0.29, 0.717) is 97.4 Å². The molecule has 2 aliphatic rings. The first-order chi connectivity index (χ1) is 20.3. The zero-order chi connectivity index (χ0) is 31.3. The van der Waals surface area contributed by atoms with E-state index >= 15 is 0 Å². The molecule has 3 nitrogen and oxygen atoms in total. The molecule has 0 saturated heterocycles. The van der Waals surface area contributed by atoms with Gasteiger partial charge in [0.05, 0.1) is 20.1 Å². The zero-order valence-corrected chi connectivity index (χ0v) is 27.8. The Morgan fingerprint density at radius 2 is 0.791 bits per heavy atom. The molecule has 0 atom stereocenters. The van der Waals surface area contributed by atoms with Gasteiger partial charge in [-0.1, -0.05) is 69.6 Å². The van der Waals surface area contributed by atoms with Crippen molar-refractivity contribution in [1.82, 2.24) is 0 Å².